The number of aromatic nitrogens is 1. The molecule has 0 atom stereocenters. The lowest BCUT2D eigenvalue weighted by molar-refractivity contribution is -0.119. The predicted molar refractivity (Wildman–Crippen MR) is 108 cm³/mol. The van der Waals surface area contributed by atoms with Crippen molar-refractivity contribution in [3.63, 3.8) is 0 Å². The molecule has 0 saturated carbocycles. The van der Waals surface area contributed by atoms with Gasteiger partial charge in [-0.25, -0.2) is 0 Å². The monoisotopic (exact) mass is 379 g/mol. The summed E-state index contributed by atoms with van der Waals surface area (Å²) in [5, 5.41) is 6.36. The van der Waals surface area contributed by atoms with E-state index in [0.717, 1.165) is 10.9 Å². The molecular weight excluding hydrogens is 358 g/mol. The van der Waals surface area contributed by atoms with Gasteiger partial charge in [-0.3, -0.25) is 14.6 Å². The minimum atomic E-state index is -0.282. The number of nitrogens with one attached hydrogen (secondary N) is 2. The molecule has 2 amide bonds. The van der Waals surface area contributed by atoms with Crippen molar-refractivity contribution in [1.82, 2.24) is 4.98 Å². The van der Waals surface area contributed by atoms with Gasteiger partial charge in [0.2, 0.25) is 5.91 Å². The van der Waals surface area contributed by atoms with Gasteiger partial charge < -0.3 is 20.1 Å². The van der Waals surface area contributed by atoms with Crippen molar-refractivity contribution < 1.29 is 19.1 Å². The second-order valence-electron chi connectivity index (χ2n) is 6.20. The molecule has 2 aromatic carbocycles. The smallest absolute Gasteiger partial charge is 0.257 e. The Kier molecular flexibility index (Phi) is 5.86. The summed E-state index contributed by atoms with van der Waals surface area (Å²) < 4.78 is 10.0. The van der Waals surface area contributed by atoms with Crippen LogP contribution < -0.4 is 15.4 Å². The van der Waals surface area contributed by atoms with Gasteiger partial charge in [0.1, 0.15) is 12.4 Å². The summed E-state index contributed by atoms with van der Waals surface area (Å²) in [6, 6.07) is 14.2. The molecule has 3 rings (SSSR count). The first kappa shape index (κ1) is 19.3. The Morgan fingerprint density at radius 1 is 1.00 bits per heavy atom. The molecule has 0 aliphatic carbocycles. The summed E-state index contributed by atoms with van der Waals surface area (Å²) in [6.45, 7) is 1.75. The van der Waals surface area contributed by atoms with E-state index in [1.54, 1.807) is 44.4 Å². The summed E-state index contributed by atoms with van der Waals surface area (Å²) in [6.07, 6.45) is 0. The molecule has 7 heteroatoms. The fourth-order valence-corrected chi connectivity index (χ4v) is 2.81. The maximum absolute atomic E-state index is 12.8. The van der Waals surface area contributed by atoms with Crippen molar-refractivity contribution in [1.29, 1.82) is 0 Å². The van der Waals surface area contributed by atoms with Gasteiger partial charge in [0, 0.05) is 23.9 Å². The van der Waals surface area contributed by atoms with Gasteiger partial charge in [-0.05, 0) is 49.4 Å². The topological polar surface area (TPSA) is 89.6 Å². The van der Waals surface area contributed by atoms with Crippen molar-refractivity contribution >= 4 is 34.1 Å². The Labute approximate surface area is 162 Å². The van der Waals surface area contributed by atoms with Crippen LogP contribution >= 0.6 is 0 Å². The van der Waals surface area contributed by atoms with Crippen LogP contribution in [0.4, 0.5) is 11.4 Å². The molecule has 2 N–H and O–H groups in total. The number of methoxy groups -OCH3 is 2. The fourth-order valence-electron chi connectivity index (χ4n) is 2.81. The molecule has 144 valence electrons. The lowest BCUT2D eigenvalue weighted by atomic mass is 10.1. The van der Waals surface area contributed by atoms with Gasteiger partial charge in [0.15, 0.2) is 0 Å². The summed E-state index contributed by atoms with van der Waals surface area (Å²) in [5.41, 5.74) is 3.01. The van der Waals surface area contributed by atoms with Crippen LogP contribution in [0.3, 0.4) is 0 Å². The van der Waals surface area contributed by atoms with Crippen LogP contribution in [0.15, 0.2) is 48.5 Å². The van der Waals surface area contributed by atoms with Crippen molar-refractivity contribution in [2.24, 2.45) is 0 Å². The molecule has 0 fully saturated rings. The Bertz CT molecular complexity index is 1030. The first-order valence-electron chi connectivity index (χ1n) is 8.66. The maximum Gasteiger partial charge on any atom is 0.257 e. The molecule has 0 saturated heterocycles. The van der Waals surface area contributed by atoms with Gasteiger partial charge in [0.05, 0.1) is 23.9 Å². The summed E-state index contributed by atoms with van der Waals surface area (Å²) in [4.78, 5) is 28.9. The zero-order valence-electron chi connectivity index (χ0n) is 15.9. The van der Waals surface area contributed by atoms with E-state index in [9.17, 15) is 9.59 Å². The SMILES string of the molecule is COCC(=O)Nc1cccc(NC(=O)c2cc3cc(OC)ccc3nc2C)c1. The van der Waals surface area contributed by atoms with Gasteiger partial charge in [-0.2, -0.15) is 0 Å². The molecule has 1 aromatic heterocycles. The van der Waals surface area contributed by atoms with E-state index in [1.807, 2.05) is 18.2 Å². The number of pyridine rings is 1. The number of amides is 2. The number of hydrogen-bond donors (Lipinski definition) is 2. The molecule has 0 aliphatic rings. The number of carbonyl (C=O) groups is 2. The summed E-state index contributed by atoms with van der Waals surface area (Å²) in [5.74, 6) is 0.147. The highest BCUT2D eigenvalue weighted by Crippen LogP contribution is 2.23. The van der Waals surface area contributed by atoms with Crippen LogP contribution in [0, 0.1) is 6.92 Å². The number of benzene rings is 2. The second kappa shape index (κ2) is 8.49. The predicted octanol–water partition coefficient (Wildman–Crippen LogP) is 3.39. The minimum Gasteiger partial charge on any atom is -0.497 e. The standard InChI is InChI=1S/C21H21N3O4/c1-13-18(10-14-9-17(28-3)7-8-19(14)22-13)21(26)24-16-6-4-5-15(11-16)23-20(25)12-27-2/h4-11H,12H2,1-3H3,(H,23,25)(H,24,26). The Hall–Kier alpha value is -3.45. The van der Waals surface area contributed by atoms with Crippen LogP contribution in [0.1, 0.15) is 16.1 Å². The van der Waals surface area contributed by atoms with Crippen LogP contribution in [-0.4, -0.2) is 37.6 Å². The molecule has 7 nitrogen and oxygen atoms in total. The average Bonchev–Trinajstić information content (AvgIpc) is 2.67. The number of hydrogen-bond acceptors (Lipinski definition) is 5. The second-order valence-corrected chi connectivity index (χ2v) is 6.20. The Morgan fingerprint density at radius 2 is 1.75 bits per heavy atom. The number of carbonyl (C=O) groups excluding carboxylic acids is 2. The fraction of sp³-hybridized carbons (Fsp3) is 0.190. The molecule has 1 heterocycles. The van der Waals surface area contributed by atoms with Crippen LogP contribution in [0.5, 0.6) is 5.75 Å². The van der Waals surface area contributed by atoms with Crippen molar-refractivity contribution in [3.05, 3.63) is 59.8 Å². The van der Waals surface area contributed by atoms with Crippen LogP contribution in [0.25, 0.3) is 10.9 Å². The number of rotatable bonds is 6. The van der Waals surface area contributed by atoms with E-state index in [1.165, 1.54) is 7.11 Å². The largest absolute Gasteiger partial charge is 0.497 e. The first-order valence-corrected chi connectivity index (χ1v) is 8.66. The molecule has 0 bridgehead atoms. The van der Waals surface area contributed by atoms with E-state index >= 15 is 0 Å². The van der Waals surface area contributed by atoms with E-state index in [-0.39, 0.29) is 18.4 Å². The maximum atomic E-state index is 12.8. The zero-order valence-corrected chi connectivity index (χ0v) is 15.9. The van der Waals surface area contributed by atoms with Crippen molar-refractivity contribution in [2.45, 2.75) is 6.92 Å². The number of aryl methyl sites for hydroxylation is 1. The average molecular weight is 379 g/mol. The summed E-state index contributed by atoms with van der Waals surface area (Å²) >= 11 is 0. The highest BCUT2D eigenvalue weighted by Gasteiger charge is 2.13. The van der Waals surface area contributed by atoms with Gasteiger partial charge in [-0.15, -0.1) is 0 Å². The third kappa shape index (κ3) is 4.44. The number of ether oxygens (including phenoxy) is 2. The number of anilines is 2. The molecule has 28 heavy (non-hydrogen) atoms. The van der Waals surface area contributed by atoms with Gasteiger partial charge in [0.25, 0.3) is 5.91 Å². The molecule has 0 aliphatic heterocycles. The lowest BCUT2D eigenvalue weighted by Gasteiger charge is -2.11. The normalized spacial score (nSPS) is 10.5. The molecule has 0 radical (unpaired) electrons. The molecular formula is C21H21N3O4. The molecule has 3 aromatic rings. The van der Waals surface area contributed by atoms with Gasteiger partial charge >= 0.3 is 0 Å². The highest BCUT2D eigenvalue weighted by molar-refractivity contribution is 6.07. The van der Waals surface area contributed by atoms with E-state index in [2.05, 4.69) is 15.6 Å². The Balaban J connectivity index is 1.82. The minimum absolute atomic E-state index is 0.0397. The summed E-state index contributed by atoms with van der Waals surface area (Å²) in [7, 11) is 3.04. The Morgan fingerprint density at radius 3 is 2.46 bits per heavy atom. The third-order valence-electron chi connectivity index (χ3n) is 4.14. The number of fused-ring (bicyclic) bond motifs is 1. The first-order chi connectivity index (χ1) is 13.5. The van der Waals surface area contributed by atoms with Crippen molar-refractivity contribution in [3.8, 4) is 5.75 Å². The molecule has 0 spiro atoms. The lowest BCUT2D eigenvalue weighted by Crippen LogP contribution is -2.17. The zero-order chi connectivity index (χ0) is 20.1. The number of nitrogens with zero attached hydrogens (tertiary/aromatic N) is 1. The van der Waals surface area contributed by atoms with E-state index in [4.69, 9.17) is 9.47 Å². The third-order valence-corrected chi connectivity index (χ3v) is 4.14. The van der Waals surface area contributed by atoms with E-state index in [0.29, 0.717) is 28.4 Å². The molecule has 0 unspecified atom stereocenters. The van der Waals surface area contributed by atoms with E-state index < -0.39 is 0 Å². The highest BCUT2D eigenvalue weighted by atomic mass is 16.5. The van der Waals surface area contributed by atoms with Crippen LogP contribution in [-0.2, 0) is 9.53 Å². The van der Waals surface area contributed by atoms with Crippen LogP contribution in [0.2, 0.25) is 0 Å². The quantitative estimate of drug-likeness (QED) is 0.685. The van der Waals surface area contributed by atoms with Crippen molar-refractivity contribution in [2.75, 3.05) is 31.5 Å². The van der Waals surface area contributed by atoms with Gasteiger partial charge in [-0.1, -0.05) is 6.07 Å².